The molecule has 0 atom stereocenters. The first kappa shape index (κ1) is 27.6. The summed E-state index contributed by atoms with van der Waals surface area (Å²) in [6.07, 6.45) is 0.669. The Morgan fingerprint density at radius 3 is 2.23 bits per heavy atom. The Hall–Kier alpha value is -4.40. The number of carbonyl (C=O) groups is 3. The molecule has 0 spiro atoms. The van der Waals surface area contributed by atoms with Crippen LogP contribution in [0.4, 0.5) is 15.8 Å². The highest BCUT2D eigenvalue weighted by Crippen LogP contribution is 2.21. The zero-order chi connectivity index (χ0) is 27.8. The van der Waals surface area contributed by atoms with Gasteiger partial charge in [-0.1, -0.05) is 13.0 Å². The third-order valence-corrected chi connectivity index (χ3v) is 6.61. The monoisotopic (exact) mass is 532 g/mol. The highest BCUT2D eigenvalue weighted by Gasteiger charge is 2.23. The number of benzene rings is 3. The van der Waals surface area contributed by atoms with Gasteiger partial charge >= 0.3 is 0 Å². The maximum absolute atomic E-state index is 13.6. The molecule has 1 heterocycles. The number of ether oxygens (including phenoxy) is 1. The predicted octanol–water partition coefficient (Wildman–Crippen LogP) is 4.29. The topological polar surface area (TPSA) is 82.2 Å². The smallest absolute Gasteiger partial charge is 0.254 e. The molecule has 1 saturated heterocycles. The van der Waals surface area contributed by atoms with E-state index < -0.39 is 5.82 Å². The van der Waals surface area contributed by atoms with Gasteiger partial charge in [-0.05, 0) is 73.2 Å². The van der Waals surface area contributed by atoms with E-state index in [9.17, 15) is 18.8 Å². The van der Waals surface area contributed by atoms with Gasteiger partial charge in [0.25, 0.3) is 11.8 Å². The lowest BCUT2D eigenvalue weighted by molar-refractivity contribution is -0.116. The van der Waals surface area contributed by atoms with E-state index in [1.807, 2.05) is 36.1 Å². The van der Waals surface area contributed by atoms with Crippen molar-refractivity contribution in [1.29, 1.82) is 0 Å². The number of halogens is 1. The minimum absolute atomic E-state index is 0.00311. The summed E-state index contributed by atoms with van der Waals surface area (Å²) in [4.78, 5) is 43.8. The fourth-order valence-electron chi connectivity index (χ4n) is 4.54. The van der Waals surface area contributed by atoms with Crippen LogP contribution in [0, 0.1) is 5.82 Å². The number of nitrogens with one attached hydrogen (secondary N) is 1. The Bertz CT molecular complexity index is 1290. The summed E-state index contributed by atoms with van der Waals surface area (Å²) >= 11 is 0. The average molecular weight is 533 g/mol. The summed E-state index contributed by atoms with van der Waals surface area (Å²) in [5.41, 5.74) is 2.47. The van der Waals surface area contributed by atoms with Crippen LogP contribution >= 0.6 is 0 Å². The van der Waals surface area contributed by atoms with E-state index in [0.717, 1.165) is 5.69 Å². The number of methoxy groups -OCH3 is 1. The second-order valence-electron chi connectivity index (χ2n) is 9.34. The highest BCUT2D eigenvalue weighted by atomic mass is 19.1. The van der Waals surface area contributed by atoms with Crippen molar-refractivity contribution >= 4 is 29.1 Å². The number of anilines is 2. The SMILES string of the molecule is CCCN(CC(=O)Nc1ccc(N2CCN(C(=O)c3ccc(OC)cc3)CC2)cc1)C(=O)c1cccc(F)c1. The molecule has 3 amide bonds. The van der Waals surface area contributed by atoms with Crippen molar-refractivity contribution in [2.45, 2.75) is 13.3 Å². The van der Waals surface area contributed by atoms with E-state index in [-0.39, 0.29) is 29.8 Å². The quantitative estimate of drug-likeness (QED) is 0.445. The molecule has 0 aromatic heterocycles. The maximum Gasteiger partial charge on any atom is 0.254 e. The summed E-state index contributed by atoms with van der Waals surface area (Å²) in [5.74, 6) is -0.486. The summed E-state index contributed by atoms with van der Waals surface area (Å²) in [6.45, 7) is 4.77. The van der Waals surface area contributed by atoms with Crippen molar-refractivity contribution in [3.63, 3.8) is 0 Å². The number of hydrogen-bond acceptors (Lipinski definition) is 5. The molecule has 1 aliphatic heterocycles. The van der Waals surface area contributed by atoms with Crippen LogP contribution in [0.15, 0.2) is 72.8 Å². The summed E-state index contributed by atoms with van der Waals surface area (Å²) in [7, 11) is 1.59. The van der Waals surface area contributed by atoms with Gasteiger partial charge in [-0.2, -0.15) is 0 Å². The maximum atomic E-state index is 13.6. The molecule has 0 saturated carbocycles. The number of piperazine rings is 1. The van der Waals surface area contributed by atoms with E-state index >= 15 is 0 Å². The average Bonchev–Trinajstić information content (AvgIpc) is 2.97. The molecular weight excluding hydrogens is 499 g/mol. The van der Waals surface area contributed by atoms with Gasteiger partial charge in [0.15, 0.2) is 0 Å². The second kappa shape index (κ2) is 12.9. The van der Waals surface area contributed by atoms with E-state index in [1.165, 1.54) is 23.1 Å². The Kier molecular flexibility index (Phi) is 9.14. The molecule has 1 N–H and O–H groups in total. The molecule has 9 heteroatoms. The van der Waals surface area contributed by atoms with Crippen molar-refractivity contribution in [3.8, 4) is 5.75 Å². The number of amides is 3. The van der Waals surface area contributed by atoms with Gasteiger partial charge in [-0.25, -0.2) is 4.39 Å². The van der Waals surface area contributed by atoms with Crippen LogP contribution in [0.25, 0.3) is 0 Å². The summed E-state index contributed by atoms with van der Waals surface area (Å²) < 4.78 is 18.7. The normalized spacial score (nSPS) is 13.1. The van der Waals surface area contributed by atoms with E-state index in [0.29, 0.717) is 56.1 Å². The van der Waals surface area contributed by atoms with E-state index in [1.54, 1.807) is 37.4 Å². The fourth-order valence-corrected chi connectivity index (χ4v) is 4.54. The Labute approximate surface area is 228 Å². The van der Waals surface area contributed by atoms with Gasteiger partial charge < -0.3 is 24.8 Å². The third-order valence-electron chi connectivity index (χ3n) is 6.61. The van der Waals surface area contributed by atoms with Gasteiger partial charge in [0, 0.05) is 55.2 Å². The molecule has 1 fully saturated rings. The summed E-state index contributed by atoms with van der Waals surface area (Å²) in [6, 6.07) is 20.1. The van der Waals surface area contributed by atoms with Gasteiger partial charge in [0.05, 0.1) is 7.11 Å². The van der Waals surface area contributed by atoms with Crippen LogP contribution in [-0.4, -0.2) is 73.9 Å². The second-order valence-corrected chi connectivity index (χ2v) is 9.34. The molecule has 4 rings (SSSR count). The van der Waals surface area contributed by atoms with Crippen molar-refractivity contribution in [1.82, 2.24) is 9.80 Å². The van der Waals surface area contributed by atoms with Gasteiger partial charge in [-0.3, -0.25) is 14.4 Å². The van der Waals surface area contributed by atoms with Gasteiger partial charge in [0.2, 0.25) is 5.91 Å². The molecule has 0 radical (unpaired) electrons. The Balaban J connectivity index is 1.29. The molecular formula is C30H33FN4O4. The first-order valence-electron chi connectivity index (χ1n) is 13.0. The van der Waals surface area contributed by atoms with Crippen LogP contribution in [0.2, 0.25) is 0 Å². The minimum Gasteiger partial charge on any atom is -0.497 e. The molecule has 39 heavy (non-hydrogen) atoms. The zero-order valence-electron chi connectivity index (χ0n) is 22.2. The minimum atomic E-state index is -0.493. The van der Waals surface area contributed by atoms with Crippen LogP contribution in [-0.2, 0) is 4.79 Å². The highest BCUT2D eigenvalue weighted by molar-refractivity contribution is 5.99. The van der Waals surface area contributed by atoms with Crippen molar-refractivity contribution in [2.24, 2.45) is 0 Å². The number of hydrogen-bond donors (Lipinski definition) is 1. The number of carbonyl (C=O) groups excluding carboxylic acids is 3. The molecule has 204 valence electrons. The first-order valence-corrected chi connectivity index (χ1v) is 13.0. The van der Waals surface area contributed by atoms with E-state index in [2.05, 4.69) is 10.2 Å². The van der Waals surface area contributed by atoms with Crippen molar-refractivity contribution < 1.29 is 23.5 Å². The van der Waals surface area contributed by atoms with Crippen LogP contribution in [0.5, 0.6) is 5.75 Å². The lowest BCUT2D eigenvalue weighted by Gasteiger charge is -2.36. The van der Waals surface area contributed by atoms with Crippen LogP contribution < -0.4 is 15.0 Å². The lowest BCUT2D eigenvalue weighted by Crippen LogP contribution is -2.48. The predicted molar refractivity (Wildman–Crippen MR) is 149 cm³/mol. The molecule has 0 bridgehead atoms. The fraction of sp³-hybridized carbons (Fsp3) is 0.300. The Morgan fingerprint density at radius 2 is 1.62 bits per heavy atom. The summed E-state index contributed by atoms with van der Waals surface area (Å²) in [5, 5.41) is 2.84. The third kappa shape index (κ3) is 7.13. The number of rotatable bonds is 9. The molecule has 3 aromatic rings. The number of nitrogens with zero attached hydrogens (tertiary/aromatic N) is 3. The van der Waals surface area contributed by atoms with Crippen molar-refractivity contribution in [2.75, 3.05) is 56.6 Å². The van der Waals surface area contributed by atoms with Crippen LogP contribution in [0.3, 0.4) is 0 Å². The Morgan fingerprint density at radius 1 is 0.923 bits per heavy atom. The molecule has 0 unspecified atom stereocenters. The van der Waals surface area contributed by atoms with Gasteiger partial charge in [-0.15, -0.1) is 0 Å². The van der Waals surface area contributed by atoms with Crippen LogP contribution in [0.1, 0.15) is 34.1 Å². The van der Waals surface area contributed by atoms with Gasteiger partial charge in [0.1, 0.15) is 18.1 Å². The molecule has 3 aromatic carbocycles. The molecule has 0 aliphatic carbocycles. The van der Waals surface area contributed by atoms with E-state index in [4.69, 9.17) is 4.74 Å². The molecule has 1 aliphatic rings. The standard InChI is InChI=1S/C30H33FN4O4/c1-3-15-35(30(38)23-5-4-6-24(31)20-23)21-28(36)32-25-9-11-26(12-10-25)33-16-18-34(19-17-33)29(37)22-7-13-27(39-2)14-8-22/h4-14,20H,3,15-19,21H2,1-2H3,(H,32,36). The molecule has 8 nitrogen and oxygen atoms in total. The lowest BCUT2D eigenvalue weighted by atomic mass is 10.1. The van der Waals surface area contributed by atoms with Crippen molar-refractivity contribution in [3.05, 3.63) is 89.7 Å². The first-order chi connectivity index (χ1) is 18.9. The zero-order valence-corrected chi connectivity index (χ0v) is 22.2. The largest absolute Gasteiger partial charge is 0.497 e.